The highest BCUT2D eigenvalue weighted by Gasteiger charge is 2.42. The molecule has 2 amide bonds. The summed E-state index contributed by atoms with van der Waals surface area (Å²) in [6, 6.07) is 0.0692. The Hall–Kier alpha value is -1.58. The monoisotopic (exact) mass is 264 g/mol. The van der Waals surface area contributed by atoms with Crippen LogP contribution in [-0.2, 0) is 9.59 Å². The highest BCUT2D eigenvalue weighted by molar-refractivity contribution is 5.96. The Balaban J connectivity index is 3.19. The maximum Gasteiger partial charge on any atom is 0.244 e. The maximum atomic E-state index is 12.6. The van der Waals surface area contributed by atoms with E-state index in [0.717, 1.165) is 5.57 Å². The van der Waals surface area contributed by atoms with Crippen molar-refractivity contribution in [2.24, 2.45) is 17.1 Å². The van der Waals surface area contributed by atoms with Crippen LogP contribution in [0.2, 0.25) is 0 Å². The van der Waals surface area contributed by atoms with Crippen molar-refractivity contribution in [3.8, 4) is 0 Å². The van der Waals surface area contributed by atoms with E-state index in [-0.39, 0.29) is 17.9 Å². The van der Waals surface area contributed by atoms with Crippen molar-refractivity contribution in [2.75, 3.05) is 0 Å². The number of carbonyl (C=O) groups is 2. The molecule has 19 heavy (non-hydrogen) atoms. The minimum atomic E-state index is -0.687. The highest BCUT2D eigenvalue weighted by Crippen LogP contribution is 2.41. The van der Waals surface area contributed by atoms with E-state index in [4.69, 9.17) is 5.73 Å². The minimum absolute atomic E-state index is 0.0382. The first-order valence-corrected chi connectivity index (χ1v) is 6.70. The van der Waals surface area contributed by atoms with Crippen LogP contribution in [0.25, 0.3) is 0 Å². The lowest BCUT2D eigenvalue weighted by atomic mass is 9.68. The summed E-state index contributed by atoms with van der Waals surface area (Å²) in [5.74, 6) is -0.400. The van der Waals surface area contributed by atoms with Crippen molar-refractivity contribution in [2.45, 2.75) is 47.1 Å². The second-order valence-electron chi connectivity index (χ2n) is 5.92. The molecule has 1 rings (SSSR count). The Kier molecular flexibility index (Phi) is 4.56. The predicted molar refractivity (Wildman–Crippen MR) is 76.2 cm³/mol. The third kappa shape index (κ3) is 3.25. The summed E-state index contributed by atoms with van der Waals surface area (Å²) < 4.78 is 0. The van der Waals surface area contributed by atoms with E-state index >= 15 is 0 Å². The van der Waals surface area contributed by atoms with Crippen molar-refractivity contribution in [3.05, 3.63) is 23.3 Å². The van der Waals surface area contributed by atoms with Crippen LogP contribution < -0.4 is 11.1 Å². The number of hydrogen-bond acceptors (Lipinski definition) is 2. The van der Waals surface area contributed by atoms with Gasteiger partial charge in [0.15, 0.2) is 0 Å². The zero-order valence-electron chi connectivity index (χ0n) is 12.4. The summed E-state index contributed by atoms with van der Waals surface area (Å²) in [6.45, 7) is 9.73. The van der Waals surface area contributed by atoms with E-state index in [1.165, 1.54) is 0 Å². The zero-order chi connectivity index (χ0) is 14.8. The number of carbonyl (C=O) groups excluding carboxylic acids is 2. The number of nitrogens with two attached hydrogens (primary N) is 1. The van der Waals surface area contributed by atoms with Crippen LogP contribution in [0.15, 0.2) is 23.3 Å². The molecule has 0 aromatic carbocycles. The zero-order valence-corrected chi connectivity index (χ0v) is 12.4. The first-order chi connectivity index (χ1) is 8.69. The molecule has 0 radical (unpaired) electrons. The van der Waals surface area contributed by atoms with Gasteiger partial charge in [0.1, 0.15) is 0 Å². The van der Waals surface area contributed by atoms with Crippen molar-refractivity contribution in [1.29, 1.82) is 0 Å². The first-order valence-electron chi connectivity index (χ1n) is 6.70. The lowest BCUT2D eigenvalue weighted by molar-refractivity contribution is -0.131. The molecule has 0 bridgehead atoms. The lowest BCUT2D eigenvalue weighted by Crippen LogP contribution is -2.47. The van der Waals surface area contributed by atoms with Gasteiger partial charge >= 0.3 is 0 Å². The van der Waals surface area contributed by atoms with Crippen molar-refractivity contribution < 1.29 is 9.59 Å². The third-order valence-corrected chi connectivity index (χ3v) is 3.56. The Bertz CT molecular complexity index is 447. The first kappa shape index (κ1) is 15.5. The molecule has 0 fully saturated rings. The summed E-state index contributed by atoms with van der Waals surface area (Å²) >= 11 is 0. The molecular weight excluding hydrogens is 240 g/mol. The molecular formula is C15H24N2O2. The fourth-order valence-corrected chi connectivity index (χ4v) is 2.47. The van der Waals surface area contributed by atoms with Crippen LogP contribution in [0.3, 0.4) is 0 Å². The number of primary amides is 1. The van der Waals surface area contributed by atoms with Crippen LogP contribution in [0, 0.1) is 11.3 Å². The third-order valence-electron chi connectivity index (χ3n) is 3.56. The average molecular weight is 264 g/mol. The second-order valence-corrected chi connectivity index (χ2v) is 5.92. The Labute approximate surface area is 115 Å². The summed E-state index contributed by atoms with van der Waals surface area (Å²) in [6.07, 6.45) is 4.10. The van der Waals surface area contributed by atoms with E-state index in [2.05, 4.69) is 5.32 Å². The summed E-state index contributed by atoms with van der Waals surface area (Å²) in [5, 5.41) is 2.95. The molecule has 0 heterocycles. The highest BCUT2D eigenvalue weighted by atomic mass is 16.2. The number of hydrogen-bond donors (Lipinski definition) is 2. The van der Waals surface area contributed by atoms with Crippen molar-refractivity contribution >= 4 is 11.8 Å². The van der Waals surface area contributed by atoms with Gasteiger partial charge in [-0.2, -0.15) is 0 Å². The van der Waals surface area contributed by atoms with E-state index in [1.807, 2.05) is 40.7 Å². The van der Waals surface area contributed by atoms with Gasteiger partial charge in [-0.1, -0.05) is 31.6 Å². The lowest BCUT2D eigenvalue weighted by Gasteiger charge is -2.37. The van der Waals surface area contributed by atoms with Gasteiger partial charge in [-0.3, -0.25) is 9.59 Å². The van der Waals surface area contributed by atoms with Crippen LogP contribution in [0.4, 0.5) is 0 Å². The number of amides is 2. The number of rotatable bonds is 4. The van der Waals surface area contributed by atoms with Crippen LogP contribution in [0.1, 0.15) is 41.0 Å². The molecule has 0 aliphatic heterocycles. The van der Waals surface area contributed by atoms with Gasteiger partial charge in [0.05, 0.1) is 5.41 Å². The second kappa shape index (κ2) is 5.59. The molecule has 0 saturated carbocycles. The SMILES string of the molecule is CC1=CC(C(=O)NC(C)C)(C(C)C)CC(C(N)=O)=C1. The molecule has 0 aromatic rings. The summed E-state index contributed by atoms with van der Waals surface area (Å²) in [4.78, 5) is 24.0. The molecule has 4 heteroatoms. The molecule has 1 atom stereocenters. The number of allylic oxidation sites excluding steroid dienone is 2. The average Bonchev–Trinajstić information content (AvgIpc) is 2.26. The molecule has 1 aliphatic carbocycles. The molecule has 1 aliphatic rings. The summed E-state index contributed by atoms with van der Waals surface area (Å²) in [5.41, 5.74) is 6.13. The van der Waals surface area contributed by atoms with Gasteiger partial charge < -0.3 is 11.1 Å². The standard InChI is InChI=1S/C15H24N2O2/c1-9(2)15(14(19)17-10(3)4)7-11(5)6-12(8-15)13(16)18/h6-7,9-10H,8H2,1-5H3,(H2,16,18)(H,17,19). The molecule has 0 spiro atoms. The maximum absolute atomic E-state index is 12.6. The molecule has 1 unspecified atom stereocenters. The van der Waals surface area contributed by atoms with Crippen molar-refractivity contribution in [3.63, 3.8) is 0 Å². The quantitative estimate of drug-likeness (QED) is 0.814. The Morgan fingerprint density at radius 3 is 2.32 bits per heavy atom. The van der Waals surface area contributed by atoms with E-state index < -0.39 is 11.3 Å². The van der Waals surface area contributed by atoms with E-state index in [0.29, 0.717) is 12.0 Å². The normalized spacial score (nSPS) is 23.1. The molecule has 0 aromatic heterocycles. The Morgan fingerprint density at radius 1 is 1.32 bits per heavy atom. The molecule has 3 N–H and O–H groups in total. The predicted octanol–water partition coefficient (Wildman–Crippen LogP) is 1.92. The van der Waals surface area contributed by atoms with Gasteiger partial charge in [-0.05, 0) is 33.1 Å². The minimum Gasteiger partial charge on any atom is -0.366 e. The van der Waals surface area contributed by atoms with Gasteiger partial charge in [0, 0.05) is 11.6 Å². The van der Waals surface area contributed by atoms with E-state index in [9.17, 15) is 9.59 Å². The van der Waals surface area contributed by atoms with Crippen LogP contribution in [-0.4, -0.2) is 17.9 Å². The molecule has 4 nitrogen and oxygen atoms in total. The van der Waals surface area contributed by atoms with Gasteiger partial charge in [0.2, 0.25) is 11.8 Å². The van der Waals surface area contributed by atoms with Gasteiger partial charge in [-0.25, -0.2) is 0 Å². The van der Waals surface area contributed by atoms with Gasteiger partial charge in [0.25, 0.3) is 0 Å². The Morgan fingerprint density at radius 2 is 1.89 bits per heavy atom. The largest absolute Gasteiger partial charge is 0.366 e. The molecule has 106 valence electrons. The fourth-order valence-electron chi connectivity index (χ4n) is 2.47. The topological polar surface area (TPSA) is 72.2 Å². The smallest absolute Gasteiger partial charge is 0.244 e. The van der Waals surface area contributed by atoms with Crippen molar-refractivity contribution in [1.82, 2.24) is 5.32 Å². The van der Waals surface area contributed by atoms with Crippen LogP contribution >= 0.6 is 0 Å². The van der Waals surface area contributed by atoms with Gasteiger partial charge in [-0.15, -0.1) is 0 Å². The fraction of sp³-hybridized carbons (Fsp3) is 0.600. The molecule has 0 saturated heterocycles. The van der Waals surface area contributed by atoms with E-state index in [1.54, 1.807) is 6.08 Å². The summed E-state index contributed by atoms with van der Waals surface area (Å²) in [7, 11) is 0. The van der Waals surface area contributed by atoms with Crippen LogP contribution in [0.5, 0.6) is 0 Å². The number of nitrogens with one attached hydrogen (secondary N) is 1.